The Hall–Kier alpha value is -5.07. The van der Waals surface area contributed by atoms with Gasteiger partial charge in [-0.1, -0.05) is 25.1 Å². The summed E-state index contributed by atoms with van der Waals surface area (Å²) in [5.74, 6) is -0.193. The zero-order valence-electron chi connectivity index (χ0n) is 25.2. The van der Waals surface area contributed by atoms with Crippen LogP contribution in [-0.4, -0.2) is 59.4 Å². The number of amides is 3. The molecule has 238 valence electrons. The molecule has 3 amide bonds. The molecule has 46 heavy (non-hydrogen) atoms. The molecule has 3 heterocycles. The number of alkyl halides is 3. The third-order valence-electron chi connectivity index (χ3n) is 8.11. The number of rotatable bonds is 8. The normalized spacial score (nSPS) is 16.3. The summed E-state index contributed by atoms with van der Waals surface area (Å²) in [5, 5.41) is 11.4. The first-order valence-electron chi connectivity index (χ1n) is 15.1. The van der Waals surface area contributed by atoms with Gasteiger partial charge < -0.3 is 31.2 Å². The number of likely N-dealkylation sites (N-methyl/N-ethyl adjacent to an activating group) is 1. The first kappa shape index (κ1) is 30.9. The number of carbonyl (C=O) groups is 2. The first-order chi connectivity index (χ1) is 22.1. The average molecular weight is 630 g/mol. The van der Waals surface area contributed by atoms with Gasteiger partial charge >= 0.3 is 12.2 Å². The van der Waals surface area contributed by atoms with Crippen LogP contribution in [0.5, 0.6) is 0 Å². The third-order valence-corrected chi connectivity index (χ3v) is 8.11. The maximum Gasteiger partial charge on any atom is 0.416 e. The second-order valence-electron chi connectivity index (χ2n) is 11.3. The number of hydrogen-bond acceptors (Lipinski definition) is 5. The average Bonchev–Trinajstić information content (AvgIpc) is 3.65. The summed E-state index contributed by atoms with van der Waals surface area (Å²) in [6, 6.07) is 19.4. The van der Waals surface area contributed by atoms with Crippen molar-refractivity contribution < 1.29 is 22.8 Å². The Morgan fingerprint density at radius 3 is 2.28 bits per heavy atom. The van der Waals surface area contributed by atoms with Crippen LogP contribution in [0.2, 0.25) is 0 Å². The fourth-order valence-corrected chi connectivity index (χ4v) is 5.70. The van der Waals surface area contributed by atoms with Crippen molar-refractivity contribution in [2.24, 2.45) is 0 Å². The maximum atomic E-state index is 14.0. The molecule has 0 saturated carbocycles. The van der Waals surface area contributed by atoms with Crippen LogP contribution in [0.4, 0.5) is 46.4 Å². The lowest BCUT2D eigenvalue weighted by Gasteiger charge is -2.34. The summed E-state index contributed by atoms with van der Waals surface area (Å²) in [5.41, 5.74) is 4.12. The number of aromatic amines is 1. The van der Waals surface area contributed by atoms with Gasteiger partial charge in [-0.25, -0.2) is 4.79 Å². The van der Waals surface area contributed by atoms with Crippen LogP contribution >= 0.6 is 0 Å². The van der Waals surface area contributed by atoms with Gasteiger partial charge in [0.05, 0.1) is 16.8 Å². The van der Waals surface area contributed by atoms with E-state index in [0.29, 0.717) is 41.4 Å². The van der Waals surface area contributed by atoms with Gasteiger partial charge in [-0.2, -0.15) is 13.2 Å². The largest absolute Gasteiger partial charge is 0.416 e. The molecule has 3 aromatic carbocycles. The molecule has 6 rings (SSSR count). The van der Waals surface area contributed by atoms with E-state index in [1.165, 1.54) is 12.1 Å². The molecule has 0 bridgehead atoms. The van der Waals surface area contributed by atoms with Gasteiger partial charge in [-0.15, -0.1) is 0 Å². The molecule has 0 unspecified atom stereocenters. The molecule has 0 spiro atoms. The zero-order valence-corrected chi connectivity index (χ0v) is 25.2. The molecule has 2 aliphatic heterocycles. The van der Waals surface area contributed by atoms with Gasteiger partial charge in [0, 0.05) is 72.9 Å². The molecule has 4 aromatic rings. The van der Waals surface area contributed by atoms with Gasteiger partial charge in [0.2, 0.25) is 0 Å². The van der Waals surface area contributed by atoms with Crippen LogP contribution in [0.15, 0.2) is 79.0 Å². The fourth-order valence-electron chi connectivity index (χ4n) is 5.70. The first-order valence-corrected chi connectivity index (χ1v) is 15.1. The van der Waals surface area contributed by atoms with Crippen LogP contribution in [0, 0.1) is 0 Å². The molecule has 5 N–H and O–H groups in total. The summed E-state index contributed by atoms with van der Waals surface area (Å²) >= 11 is 0. The van der Waals surface area contributed by atoms with Crippen molar-refractivity contribution in [2.75, 3.05) is 54.0 Å². The SMILES string of the molecule is CCN1CCN(Cc2ccc(NC(=O)Nc3cccc(Nc4ccc5c(c4)NC(=O)C5=Cc4ccc[nH]4)c3)cc2C(F)(F)F)CC1. The number of H-pyrrole nitrogens is 1. The lowest BCUT2D eigenvalue weighted by Crippen LogP contribution is -2.45. The highest BCUT2D eigenvalue weighted by atomic mass is 19.4. The molecule has 0 aliphatic carbocycles. The Morgan fingerprint density at radius 1 is 0.870 bits per heavy atom. The summed E-state index contributed by atoms with van der Waals surface area (Å²) in [7, 11) is 0. The minimum Gasteiger partial charge on any atom is -0.362 e. The number of benzene rings is 3. The van der Waals surface area contributed by atoms with Crippen LogP contribution in [-0.2, 0) is 17.5 Å². The standard InChI is InChI=1S/C34H34F3N7O2/c1-2-43-13-15-44(16-14-43)21-22-8-9-26(19-30(22)34(35,36)37)41-33(46)40-25-6-3-5-24(17-25)39-27-10-11-28-29(18-23-7-4-12-38-23)32(45)42-31(28)20-27/h3-12,17-20,38-39H,2,13-16,21H2,1H3,(H,42,45)(H2,40,41,46). The predicted molar refractivity (Wildman–Crippen MR) is 175 cm³/mol. The number of piperazine rings is 1. The van der Waals surface area contributed by atoms with Crippen molar-refractivity contribution >= 4 is 52.0 Å². The molecular weight excluding hydrogens is 595 g/mol. The zero-order chi connectivity index (χ0) is 32.3. The second kappa shape index (κ2) is 13.1. The summed E-state index contributed by atoms with van der Waals surface area (Å²) < 4.78 is 42.0. The Bertz CT molecular complexity index is 1760. The van der Waals surface area contributed by atoms with Crippen LogP contribution in [0.3, 0.4) is 0 Å². The lowest BCUT2D eigenvalue weighted by atomic mass is 10.0. The van der Waals surface area contributed by atoms with Crippen LogP contribution < -0.4 is 21.3 Å². The Kier molecular flexibility index (Phi) is 8.82. The number of hydrogen-bond donors (Lipinski definition) is 5. The molecule has 0 radical (unpaired) electrons. The maximum absolute atomic E-state index is 14.0. The van der Waals surface area contributed by atoms with E-state index in [9.17, 15) is 22.8 Å². The molecule has 0 atom stereocenters. The highest BCUT2D eigenvalue weighted by Crippen LogP contribution is 2.36. The van der Waals surface area contributed by atoms with Gasteiger partial charge in [0.1, 0.15) is 0 Å². The Morgan fingerprint density at radius 2 is 1.57 bits per heavy atom. The van der Waals surface area contributed by atoms with Crippen LogP contribution in [0.1, 0.15) is 29.3 Å². The minimum absolute atomic E-state index is 0.0449. The molecule has 12 heteroatoms. The number of anilines is 5. The van der Waals surface area contributed by atoms with E-state index < -0.39 is 17.8 Å². The predicted octanol–water partition coefficient (Wildman–Crippen LogP) is 7.05. The van der Waals surface area contributed by atoms with Crippen molar-refractivity contribution in [3.8, 4) is 0 Å². The lowest BCUT2D eigenvalue weighted by molar-refractivity contribution is -0.138. The number of urea groups is 1. The number of nitrogens with zero attached hydrogens (tertiary/aromatic N) is 2. The third kappa shape index (κ3) is 7.24. The number of fused-ring (bicyclic) bond motifs is 1. The van der Waals surface area contributed by atoms with Gasteiger partial charge in [0.15, 0.2) is 0 Å². The number of carbonyl (C=O) groups excluding carboxylic acids is 2. The molecule has 1 fully saturated rings. The quantitative estimate of drug-likeness (QED) is 0.134. The minimum atomic E-state index is -4.56. The van der Waals surface area contributed by atoms with E-state index in [-0.39, 0.29) is 23.7 Å². The smallest absolute Gasteiger partial charge is 0.362 e. The van der Waals surface area contributed by atoms with Gasteiger partial charge in [-0.3, -0.25) is 9.69 Å². The monoisotopic (exact) mass is 629 g/mol. The Labute approximate surface area is 264 Å². The van der Waals surface area contributed by atoms with Crippen LogP contribution in [0.25, 0.3) is 11.6 Å². The molecular formula is C34H34F3N7O2. The van der Waals surface area contributed by atoms with Gasteiger partial charge in [-0.05, 0) is 72.8 Å². The molecule has 2 aliphatic rings. The fraction of sp³-hybridized carbons (Fsp3) is 0.235. The van der Waals surface area contributed by atoms with E-state index in [1.54, 1.807) is 30.5 Å². The molecule has 9 nitrogen and oxygen atoms in total. The van der Waals surface area contributed by atoms with Crippen molar-refractivity contribution in [3.63, 3.8) is 0 Å². The van der Waals surface area contributed by atoms with E-state index in [1.807, 2.05) is 41.3 Å². The topological polar surface area (TPSA) is 105 Å². The highest BCUT2D eigenvalue weighted by Gasteiger charge is 2.34. The Balaban J connectivity index is 1.09. The van der Waals surface area contributed by atoms with E-state index in [0.717, 1.165) is 37.0 Å². The van der Waals surface area contributed by atoms with Crippen molar-refractivity contribution in [2.45, 2.75) is 19.6 Å². The van der Waals surface area contributed by atoms with Crippen molar-refractivity contribution in [1.29, 1.82) is 0 Å². The van der Waals surface area contributed by atoms with E-state index in [4.69, 9.17) is 0 Å². The summed E-state index contributed by atoms with van der Waals surface area (Å²) in [4.78, 5) is 32.7. The van der Waals surface area contributed by atoms with E-state index in [2.05, 4.69) is 38.1 Å². The van der Waals surface area contributed by atoms with Crippen molar-refractivity contribution in [3.05, 3.63) is 101 Å². The highest BCUT2D eigenvalue weighted by molar-refractivity contribution is 6.35. The second-order valence-corrected chi connectivity index (χ2v) is 11.3. The number of aromatic nitrogens is 1. The van der Waals surface area contributed by atoms with Gasteiger partial charge in [0.25, 0.3) is 5.91 Å². The molecule has 1 aromatic heterocycles. The van der Waals surface area contributed by atoms with Crippen molar-refractivity contribution in [1.82, 2.24) is 14.8 Å². The number of nitrogens with one attached hydrogen (secondary N) is 5. The summed E-state index contributed by atoms with van der Waals surface area (Å²) in [6.07, 6.45) is -0.977. The van der Waals surface area contributed by atoms with E-state index >= 15 is 0 Å². The summed E-state index contributed by atoms with van der Waals surface area (Å²) in [6.45, 7) is 6.26. The molecule has 1 saturated heterocycles. The number of halogens is 3.